The van der Waals surface area contributed by atoms with Crippen molar-refractivity contribution in [2.75, 3.05) is 13.7 Å². The zero-order valence-electron chi connectivity index (χ0n) is 11.3. The number of hydrogen-bond acceptors (Lipinski definition) is 3. The molecule has 2 aromatic rings. The van der Waals surface area contributed by atoms with Crippen LogP contribution >= 0.6 is 0 Å². The van der Waals surface area contributed by atoms with Gasteiger partial charge in [-0.1, -0.05) is 24.3 Å². The monoisotopic (exact) mass is 257 g/mol. The number of aromatic nitrogens is 2. The van der Waals surface area contributed by atoms with Gasteiger partial charge >= 0.3 is 0 Å². The Morgan fingerprint density at radius 1 is 1.37 bits per heavy atom. The van der Waals surface area contributed by atoms with Gasteiger partial charge < -0.3 is 10.1 Å². The third-order valence-corrected chi connectivity index (χ3v) is 3.82. The van der Waals surface area contributed by atoms with Crippen molar-refractivity contribution in [2.45, 2.75) is 18.6 Å². The molecule has 2 atom stereocenters. The number of likely N-dealkylation sites (N-methyl/N-ethyl adjacent to an activating group) is 1. The molecule has 2 heterocycles. The third-order valence-electron chi connectivity index (χ3n) is 3.82. The zero-order chi connectivity index (χ0) is 13.2. The summed E-state index contributed by atoms with van der Waals surface area (Å²) in [6.07, 6.45) is 2.87. The summed E-state index contributed by atoms with van der Waals surface area (Å²) in [6.45, 7) is 0.776. The van der Waals surface area contributed by atoms with E-state index in [1.54, 1.807) is 0 Å². The van der Waals surface area contributed by atoms with Crippen LogP contribution in [0, 0.1) is 0 Å². The Morgan fingerprint density at radius 2 is 2.21 bits per heavy atom. The average Bonchev–Trinajstić information content (AvgIpc) is 2.86. The maximum absolute atomic E-state index is 6.03. The van der Waals surface area contributed by atoms with E-state index in [2.05, 4.69) is 34.7 Å². The minimum Gasteiger partial charge on any atom is -0.371 e. The largest absolute Gasteiger partial charge is 0.371 e. The van der Waals surface area contributed by atoms with Crippen LogP contribution in [-0.2, 0) is 18.2 Å². The Balaban J connectivity index is 2.00. The Hall–Kier alpha value is -1.65. The molecule has 0 amide bonds. The summed E-state index contributed by atoms with van der Waals surface area (Å²) < 4.78 is 7.94. The molecule has 0 fully saturated rings. The summed E-state index contributed by atoms with van der Waals surface area (Å²) in [6, 6.07) is 10.7. The van der Waals surface area contributed by atoms with E-state index in [0.717, 1.165) is 18.7 Å². The van der Waals surface area contributed by atoms with Crippen LogP contribution < -0.4 is 5.32 Å². The standard InChI is InChI=1S/C15H19N3O/c1-16-14(13-7-9-17-18(13)2)15-12-6-4-3-5-11(12)8-10-19-15/h3-7,9,14-16H,8,10H2,1-2H3. The quantitative estimate of drug-likeness (QED) is 0.914. The molecule has 4 nitrogen and oxygen atoms in total. The molecule has 4 heteroatoms. The van der Waals surface area contributed by atoms with Gasteiger partial charge in [-0.15, -0.1) is 0 Å². The Morgan fingerprint density at radius 3 is 2.95 bits per heavy atom. The molecule has 2 unspecified atom stereocenters. The van der Waals surface area contributed by atoms with Gasteiger partial charge in [-0.05, 0) is 30.7 Å². The Kier molecular flexibility index (Phi) is 3.36. The molecule has 3 rings (SSSR count). The fraction of sp³-hybridized carbons (Fsp3) is 0.400. The molecule has 1 N–H and O–H groups in total. The lowest BCUT2D eigenvalue weighted by atomic mass is 9.92. The van der Waals surface area contributed by atoms with Gasteiger partial charge in [0.1, 0.15) is 6.10 Å². The van der Waals surface area contributed by atoms with E-state index >= 15 is 0 Å². The van der Waals surface area contributed by atoms with Crippen molar-refractivity contribution < 1.29 is 4.74 Å². The van der Waals surface area contributed by atoms with Crippen LogP contribution in [0.15, 0.2) is 36.5 Å². The number of nitrogens with zero attached hydrogens (tertiary/aromatic N) is 2. The topological polar surface area (TPSA) is 39.1 Å². The minimum absolute atomic E-state index is 0.0466. The number of rotatable bonds is 3. The normalized spacial score (nSPS) is 20.0. The first-order chi connectivity index (χ1) is 9.31. The van der Waals surface area contributed by atoms with Gasteiger partial charge in [0, 0.05) is 13.2 Å². The van der Waals surface area contributed by atoms with Crippen molar-refractivity contribution in [3.8, 4) is 0 Å². The van der Waals surface area contributed by atoms with Crippen LogP contribution in [0.1, 0.15) is 29.0 Å². The second-order valence-electron chi connectivity index (χ2n) is 4.89. The number of ether oxygens (including phenoxy) is 1. The molecule has 0 aliphatic carbocycles. The number of aryl methyl sites for hydroxylation is 1. The predicted octanol–water partition coefficient (Wildman–Crippen LogP) is 1.99. The fourth-order valence-corrected chi connectivity index (χ4v) is 2.84. The SMILES string of the molecule is CNC(c1ccnn1C)C1OCCc2ccccc21. The Labute approximate surface area is 113 Å². The van der Waals surface area contributed by atoms with Gasteiger partial charge in [0.15, 0.2) is 0 Å². The molecule has 0 radical (unpaired) electrons. The molecule has 1 aromatic carbocycles. The molecule has 19 heavy (non-hydrogen) atoms. The van der Waals surface area contributed by atoms with E-state index in [4.69, 9.17) is 4.74 Å². The van der Waals surface area contributed by atoms with E-state index < -0.39 is 0 Å². The highest BCUT2D eigenvalue weighted by Crippen LogP contribution is 2.36. The first-order valence-electron chi connectivity index (χ1n) is 6.66. The summed E-state index contributed by atoms with van der Waals surface area (Å²) in [5.74, 6) is 0. The van der Waals surface area contributed by atoms with Crippen LogP contribution in [0.4, 0.5) is 0 Å². The lowest BCUT2D eigenvalue weighted by Gasteiger charge is -2.32. The van der Waals surface area contributed by atoms with Gasteiger partial charge in [0.05, 0.1) is 18.3 Å². The van der Waals surface area contributed by atoms with Crippen LogP contribution in [0.5, 0.6) is 0 Å². The lowest BCUT2D eigenvalue weighted by Crippen LogP contribution is -2.31. The third kappa shape index (κ3) is 2.17. The highest BCUT2D eigenvalue weighted by molar-refractivity contribution is 5.33. The van der Waals surface area contributed by atoms with Crippen LogP contribution in [-0.4, -0.2) is 23.4 Å². The fourth-order valence-electron chi connectivity index (χ4n) is 2.84. The highest BCUT2D eigenvalue weighted by Gasteiger charge is 2.30. The van der Waals surface area contributed by atoms with E-state index in [9.17, 15) is 0 Å². The maximum Gasteiger partial charge on any atom is 0.104 e. The van der Waals surface area contributed by atoms with E-state index in [1.165, 1.54) is 11.1 Å². The number of benzene rings is 1. The second-order valence-corrected chi connectivity index (χ2v) is 4.89. The average molecular weight is 257 g/mol. The van der Waals surface area contributed by atoms with Crippen LogP contribution in [0.2, 0.25) is 0 Å². The molecule has 1 aliphatic rings. The van der Waals surface area contributed by atoms with Gasteiger partial charge in [0.2, 0.25) is 0 Å². The molecule has 100 valence electrons. The van der Waals surface area contributed by atoms with Crippen molar-refractivity contribution in [2.24, 2.45) is 7.05 Å². The predicted molar refractivity (Wildman–Crippen MR) is 73.8 cm³/mol. The second kappa shape index (κ2) is 5.15. The number of hydrogen-bond donors (Lipinski definition) is 1. The van der Waals surface area contributed by atoms with Crippen molar-refractivity contribution in [3.05, 3.63) is 53.3 Å². The number of fused-ring (bicyclic) bond motifs is 1. The first kappa shape index (κ1) is 12.4. The molecule has 0 spiro atoms. The number of nitrogens with one attached hydrogen (secondary N) is 1. The summed E-state index contributed by atoms with van der Waals surface area (Å²) in [5, 5.41) is 7.63. The molecular weight excluding hydrogens is 238 g/mol. The van der Waals surface area contributed by atoms with Crippen molar-refractivity contribution in [3.63, 3.8) is 0 Å². The molecule has 0 bridgehead atoms. The first-order valence-corrected chi connectivity index (χ1v) is 6.66. The summed E-state index contributed by atoms with van der Waals surface area (Å²) in [5.41, 5.74) is 3.82. The van der Waals surface area contributed by atoms with Crippen LogP contribution in [0.3, 0.4) is 0 Å². The minimum atomic E-state index is 0.0466. The zero-order valence-corrected chi connectivity index (χ0v) is 11.3. The maximum atomic E-state index is 6.03. The molecule has 1 aliphatic heterocycles. The lowest BCUT2D eigenvalue weighted by molar-refractivity contribution is 0.0147. The summed E-state index contributed by atoms with van der Waals surface area (Å²) in [7, 11) is 3.94. The molecule has 0 saturated carbocycles. The van der Waals surface area contributed by atoms with Crippen molar-refractivity contribution >= 4 is 0 Å². The molecule has 0 saturated heterocycles. The molecule has 1 aromatic heterocycles. The van der Waals surface area contributed by atoms with Gasteiger partial charge in [-0.2, -0.15) is 5.10 Å². The van der Waals surface area contributed by atoms with Crippen molar-refractivity contribution in [1.82, 2.24) is 15.1 Å². The van der Waals surface area contributed by atoms with E-state index in [0.29, 0.717) is 0 Å². The van der Waals surface area contributed by atoms with Gasteiger partial charge in [-0.3, -0.25) is 4.68 Å². The van der Waals surface area contributed by atoms with E-state index in [1.807, 2.05) is 31.0 Å². The van der Waals surface area contributed by atoms with Gasteiger partial charge in [-0.25, -0.2) is 0 Å². The summed E-state index contributed by atoms with van der Waals surface area (Å²) >= 11 is 0. The van der Waals surface area contributed by atoms with Crippen molar-refractivity contribution in [1.29, 1.82) is 0 Å². The highest BCUT2D eigenvalue weighted by atomic mass is 16.5. The van der Waals surface area contributed by atoms with E-state index in [-0.39, 0.29) is 12.1 Å². The molecular formula is C15H19N3O. The van der Waals surface area contributed by atoms with Gasteiger partial charge in [0.25, 0.3) is 0 Å². The summed E-state index contributed by atoms with van der Waals surface area (Å²) in [4.78, 5) is 0. The van der Waals surface area contributed by atoms with Crippen LogP contribution in [0.25, 0.3) is 0 Å². The smallest absolute Gasteiger partial charge is 0.104 e. The Bertz CT molecular complexity index is 564.